The van der Waals surface area contributed by atoms with Gasteiger partial charge >= 0.3 is 0 Å². The number of nitrogens with zero attached hydrogens (tertiary/aromatic N) is 3. The summed E-state index contributed by atoms with van der Waals surface area (Å²) in [5.41, 5.74) is 0.412. The Kier molecular flexibility index (Phi) is 2.76. The molecule has 74 valence electrons. The molecule has 0 spiro atoms. The number of halogens is 1. The summed E-state index contributed by atoms with van der Waals surface area (Å²) in [6.07, 6.45) is 1.91. The lowest BCUT2D eigenvalue weighted by atomic mass is 10.5. The highest BCUT2D eigenvalue weighted by Gasteiger charge is 2.07. The van der Waals surface area contributed by atoms with Crippen molar-refractivity contribution in [2.75, 3.05) is 6.26 Å². The number of thioether (sulfide) groups is 1. The average molecular weight is 248 g/mol. The Hall–Kier alpha value is -0.590. The molecule has 0 aromatic carbocycles. The van der Waals surface area contributed by atoms with E-state index in [-0.39, 0.29) is 11.4 Å². The van der Waals surface area contributed by atoms with E-state index >= 15 is 0 Å². The van der Waals surface area contributed by atoms with Gasteiger partial charge in [-0.1, -0.05) is 23.1 Å². The zero-order valence-electron chi connectivity index (χ0n) is 7.23. The zero-order valence-corrected chi connectivity index (χ0v) is 9.62. The fourth-order valence-corrected chi connectivity index (χ4v) is 2.51. The molecular formula is C7H6ClN3OS2. The maximum Gasteiger partial charge on any atom is 0.275 e. The Bertz CT molecular complexity index is 521. The predicted molar refractivity (Wildman–Crippen MR) is 58.5 cm³/mol. The number of hydrogen-bond acceptors (Lipinski definition) is 5. The van der Waals surface area contributed by atoms with Gasteiger partial charge in [-0.3, -0.25) is 4.79 Å². The SMILES string of the molecule is CSc1nn2c(=O)cc(CCl)nc2s1. The fraction of sp³-hybridized carbons (Fsp3) is 0.286. The molecule has 0 aliphatic carbocycles. The van der Waals surface area contributed by atoms with Crippen molar-refractivity contribution in [2.24, 2.45) is 0 Å². The summed E-state index contributed by atoms with van der Waals surface area (Å²) >= 11 is 8.49. The fourth-order valence-electron chi connectivity index (χ4n) is 0.990. The minimum Gasteiger partial charge on any atom is -0.267 e. The van der Waals surface area contributed by atoms with Crippen LogP contribution in [0.1, 0.15) is 5.69 Å². The quantitative estimate of drug-likeness (QED) is 0.598. The molecule has 2 heterocycles. The summed E-state index contributed by atoms with van der Waals surface area (Å²) < 4.78 is 2.12. The Morgan fingerprint density at radius 1 is 1.71 bits per heavy atom. The molecule has 0 fully saturated rings. The highest BCUT2D eigenvalue weighted by molar-refractivity contribution is 8.00. The molecule has 0 N–H and O–H groups in total. The van der Waals surface area contributed by atoms with Crippen LogP contribution in [0.3, 0.4) is 0 Å². The molecule has 14 heavy (non-hydrogen) atoms. The van der Waals surface area contributed by atoms with E-state index in [1.165, 1.54) is 33.7 Å². The third-order valence-corrected chi connectivity index (χ3v) is 3.75. The van der Waals surface area contributed by atoms with Crippen LogP contribution in [0.15, 0.2) is 15.2 Å². The summed E-state index contributed by atoms with van der Waals surface area (Å²) in [6, 6.07) is 1.41. The van der Waals surface area contributed by atoms with Gasteiger partial charge in [0.2, 0.25) is 4.96 Å². The van der Waals surface area contributed by atoms with Gasteiger partial charge in [0.15, 0.2) is 4.34 Å². The van der Waals surface area contributed by atoms with Gasteiger partial charge in [0.05, 0.1) is 11.6 Å². The first-order chi connectivity index (χ1) is 6.74. The Balaban J connectivity index is 2.73. The molecule has 0 aliphatic heterocycles. The van der Waals surface area contributed by atoms with Gasteiger partial charge in [-0.15, -0.1) is 16.7 Å². The third-order valence-electron chi connectivity index (χ3n) is 1.59. The van der Waals surface area contributed by atoms with Crippen LogP contribution in [0.25, 0.3) is 4.96 Å². The van der Waals surface area contributed by atoms with Gasteiger partial charge in [-0.2, -0.15) is 4.52 Å². The molecule has 4 nitrogen and oxygen atoms in total. The minimum absolute atomic E-state index is 0.179. The van der Waals surface area contributed by atoms with E-state index in [1.54, 1.807) is 0 Å². The monoisotopic (exact) mass is 247 g/mol. The topological polar surface area (TPSA) is 47.3 Å². The normalized spacial score (nSPS) is 11.0. The van der Waals surface area contributed by atoms with E-state index in [0.29, 0.717) is 10.7 Å². The van der Waals surface area contributed by atoms with E-state index in [0.717, 1.165) is 4.34 Å². The van der Waals surface area contributed by atoms with Crippen molar-refractivity contribution in [3.8, 4) is 0 Å². The first-order valence-electron chi connectivity index (χ1n) is 3.74. The molecule has 0 amide bonds. The minimum atomic E-state index is -0.179. The van der Waals surface area contributed by atoms with E-state index in [4.69, 9.17) is 11.6 Å². The third kappa shape index (κ3) is 1.65. The van der Waals surface area contributed by atoms with Crippen LogP contribution >= 0.6 is 34.7 Å². The van der Waals surface area contributed by atoms with Crippen LogP contribution in [-0.4, -0.2) is 20.9 Å². The number of fused-ring (bicyclic) bond motifs is 1. The second-order valence-electron chi connectivity index (χ2n) is 2.49. The first kappa shape index (κ1) is 9.95. The molecule has 0 bridgehead atoms. The standard InChI is InChI=1S/C7H6ClN3OS2/c1-13-7-10-11-5(12)2-4(3-8)9-6(11)14-7/h2H,3H2,1H3. The summed E-state index contributed by atoms with van der Waals surface area (Å²) in [6.45, 7) is 0. The molecule has 0 saturated heterocycles. The summed E-state index contributed by atoms with van der Waals surface area (Å²) in [4.78, 5) is 16.3. The summed E-state index contributed by atoms with van der Waals surface area (Å²) in [5, 5.41) is 4.09. The Morgan fingerprint density at radius 2 is 2.50 bits per heavy atom. The van der Waals surface area contributed by atoms with Gasteiger partial charge in [-0.05, 0) is 6.26 Å². The Labute approximate surface area is 92.9 Å². The molecule has 7 heteroatoms. The number of aromatic nitrogens is 3. The van der Waals surface area contributed by atoms with E-state index < -0.39 is 0 Å². The van der Waals surface area contributed by atoms with Gasteiger partial charge < -0.3 is 0 Å². The van der Waals surface area contributed by atoms with Crippen molar-refractivity contribution >= 4 is 39.7 Å². The van der Waals surface area contributed by atoms with Crippen molar-refractivity contribution in [3.05, 3.63) is 22.1 Å². The van der Waals surface area contributed by atoms with Crippen LogP contribution in [0, 0.1) is 0 Å². The number of alkyl halides is 1. The van der Waals surface area contributed by atoms with Crippen molar-refractivity contribution in [3.63, 3.8) is 0 Å². The maximum absolute atomic E-state index is 11.5. The Morgan fingerprint density at radius 3 is 3.14 bits per heavy atom. The van der Waals surface area contributed by atoms with Crippen molar-refractivity contribution in [1.29, 1.82) is 0 Å². The van der Waals surface area contributed by atoms with Gasteiger partial charge in [0, 0.05) is 6.07 Å². The predicted octanol–water partition coefficient (Wildman–Crippen LogP) is 1.61. The van der Waals surface area contributed by atoms with Crippen LogP contribution in [0.4, 0.5) is 0 Å². The van der Waals surface area contributed by atoms with E-state index in [9.17, 15) is 4.79 Å². The number of rotatable bonds is 2. The zero-order chi connectivity index (χ0) is 10.1. The smallest absolute Gasteiger partial charge is 0.267 e. The molecule has 2 aromatic rings. The average Bonchev–Trinajstić information content (AvgIpc) is 2.61. The van der Waals surface area contributed by atoms with Gasteiger partial charge in [0.1, 0.15) is 0 Å². The van der Waals surface area contributed by atoms with Crippen molar-refractivity contribution in [1.82, 2.24) is 14.6 Å². The first-order valence-corrected chi connectivity index (χ1v) is 6.32. The van der Waals surface area contributed by atoms with Crippen molar-refractivity contribution < 1.29 is 0 Å². The van der Waals surface area contributed by atoms with E-state index in [2.05, 4.69) is 10.1 Å². The number of hydrogen-bond donors (Lipinski definition) is 0. The lowest BCUT2D eigenvalue weighted by Crippen LogP contribution is -2.14. The van der Waals surface area contributed by atoms with Crippen LogP contribution in [-0.2, 0) is 5.88 Å². The van der Waals surface area contributed by atoms with Crippen LogP contribution in [0.2, 0.25) is 0 Å². The van der Waals surface area contributed by atoms with Gasteiger partial charge in [-0.25, -0.2) is 4.98 Å². The molecule has 0 saturated carbocycles. The summed E-state index contributed by atoms with van der Waals surface area (Å²) in [5.74, 6) is 0.248. The lowest BCUT2D eigenvalue weighted by molar-refractivity contribution is 0.850. The maximum atomic E-state index is 11.5. The second kappa shape index (κ2) is 3.88. The summed E-state index contributed by atoms with van der Waals surface area (Å²) in [7, 11) is 0. The molecule has 2 rings (SSSR count). The van der Waals surface area contributed by atoms with Crippen molar-refractivity contribution in [2.45, 2.75) is 10.2 Å². The van der Waals surface area contributed by atoms with Gasteiger partial charge in [0.25, 0.3) is 5.56 Å². The van der Waals surface area contributed by atoms with Crippen LogP contribution < -0.4 is 5.56 Å². The highest BCUT2D eigenvalue weighted by atomic mass is 35.5. The molecule has 0 aliphatic rings. The van der Waals surface area contributed by atoms with E-state index in [1.807, 2.05) is 6.26 Å². The van der Waals surface area contributed by atoms with Crippen LogP contribution in [0.5, 0.6) is 0 Å². The molecule has 0 radical (unpaired) electrons. The molecule has 0 atom stereocenters. The molecule has 0 unspecified atom stereocenters. The largest absolute Gasteiger partial charge is 0.275 e. The highest BCUT2D eigenvalue weighted by Crippen LogP contribution is 2.20. The molecule has 2 aromatic heterocycles. The lowest BCUT2D eigenvalue weighted by Gasteiger charge is -1.92. The molecular weight excluding hydrogens is 242 g/mol. The second-order valence-corrected chi connectivity index (χ2v) is 4.76.